The molecule has 2 rings (SSSR count). The average molecular weight is 283 g/mol. The van der Waals surface area contributed by atoms with E-state index in [0.29, 0.717) is 5.82 Å². The summed E-state index contributed by atoms with van der Waals surface area (Å²) in [5, 5.41) is 5.94. The van der Waals surface area contributed by atoms with Crippen molar-refractivity contribution in [2.24, 2.45) is 5.84 Å². The minimum Gasteiger partial charge on any atom is -0.343 e. The number of aryl methyl sites for hydroxylation is 1. The Kier molecular flexibility index (Phi) is 3.89. The quantitative estimate of drug-likeness (QED) is 0.568. The molecule has 1 aromatic carbocycles. The number of hydrogen-bond acceptors (Lipinski definition) is 6. The van der Waals surface area contributed by atoms with Gasteiger partial charge < -0.3 is 15.3 Å². The molecule has 4 N–H and O–H groups in total. The van der Waals surface area contributed by atoms with Gasteiger partial charge in [0, 0.05) is 5.56 Å². The van der Waals surface area contributed by atoms with Gasteiger partial charge in [0.25, 0.3) is 5.91 Å². The van der Waals surface area contributed by atoms with Crippen molar-refractivity contribution in [1.29, 1.82) is 0 Å². The van der Waals surface area contributed by atoms with Gasteiger partial charge in [-0.25, -0.2) is 8.78 Å². The van der Waals surface area contributed by atoms with Crippen molar-refractivity contribution < 1.29 is 18.1 Å². The minimum atomic E-state index is -0.966. The molecule has 0 spiro atoms. The third kappa shape index (κ3) is 2.88. The van der Waals surface area contributed by atoms with Gasteiger partial charge in [0.15, 0.2) is 17.5 Å². The summed E-state index contributed by atoms with van der Waals surface area (Å²) in [5.41, 5.74) is 1.18. The zero-order chi connectivity index (χ0) is 14.7. The van der Waals surface area contributed by atoms with Crippen molar-refractivity contribution in [3.8, 4) is 0 Å². The molecule has 0 aliphatic carbocycles. The fourth-order valence-corrected chi connectivity index (χ4v) is 1.51. The molecule has 0 aliphatic heterocycles. The lowest BCUT2D eigenvalue weighted by atomic mass is 10.1. The monoisotopic (exact) mass is 283 g/mol. The Morgan fingerprint density at radius 2 is 2.05 bits per heavy atom. The van der Waals surface area contributed by atoms with Crippen molar-refractivity contribution in [2.45, 2.75) is 13.5 Å². The predicted molar refractivity (Wildman–Crippen MR) is 64.4 cm³/mol. The number of hydrogen-bond donors (Lipinski definition) is 3. The van der Waals surface area contributed by atoms with Gasteiger partial charge in [0.05, 0.1) is 6.54 Å². The Hall–Kier alpha value is -2.55. The fraction of sp³-hybridized carbons (Fsp3) is 0.182. The number of nitrogens with zero attached hydrogens (tertiary/aromatic N) is 2. The number of nitrogens with two attached hydrogens (primary N) is 1. The number of benzene rings is 1. The molecule has 0 radical (unpaired) electrons. The third-order valence-corrected chi connectivity index (χ3v) is 2.42. The number of rotatable bonds is 4. The molecule has 1 heterocycles. The number of amides is 1. The number of aromatic nitrogens is 2. The van der Waals surface area contributed by atoms with E-state index in [1.54, 1.807) is 6.92 Å². The van der Waals surface area contributed by atoms with E-state index in [1.807, 2.05) is 5.43 Å². The summed E-state index contributed by atoms with van der Waals surface area (Å²) in [5.74, 6) is 2.96. The summed E-state index contributed by atoms with van der Waals surface area (Å²) in [4.78, 5) is 15.6. The molecule has 0 bridgehead atoms. The normalized spacial score (nSPS) is 10.4. The SMILES string of the molecule is Cc1noc(CNC(=O)c2cc(F)c(NN)c(F)c2)n1. The molecule has 106 valence electrons. The maximum absolute atomic E-state index is 13.4. The number of halogens is 2. The van der Waals surface area contributed by atoms with Gasteiger partial charge in [-0.1, -0.05) is 5.16 Å². The number of anilines is 1. The number of nitrogen functional groups attached to an aromatic ring is 1. The Labute approximate surface area is 112 Å². The number of nitrogens with one attached hydrogen (secondary N) is 2. The van der Waals surface area contributed by atoms with Crippen LogP contribution in [0.5, 0.6) is 0 Å². The van der Waals surface area contributed by atoms with E-state index < -0.39 is 23.2 Å². The molecule has 9 heteroatoms. The second-order valence-electron chi connectivity index (χ2n) is 3.88. The van der Waals surface area contributed by atoms with Crippen LogP contribution >= 0.6 is 0 Å². The first-order valence-corrected chi connectivity index (χ1v) is 5.54. The van der Waals surface area contributed by atoms with Crippen LogP contribution < -0.4 is 16.6 Å². The molecule has 0 aliphatic rings. The van der Waals surface area contributed by atoms with Crippen LogP contribution in [0.3, 0.4) is 0 Å². The number of hydrazine groups is 1. The standard InChI is InChI=1S/C11H11F2N5O2/c1-5-16-9(20-18-5)4-15-11(19)6-2-7(12)10(17-14)8(13)3-6/h2-3,17H,4,14H2,1H3,(H,15,19). The van der Waals surface area contributed by atoms with E-state index in [9.17, 15) is 13.6 Å². The molecule has 7 nitrogen and oxygen atoms in total. The van der Waals surface area contributed by atoms with Crippen LogP contribution in [-0.2, 0) is 6.54 Å². The summed E-state index contributed by atoms with van der Waals surface area (Å²) in [7, 11) is 0. The number of carbonyl (C=O) groups is 1. The van der Waals surface area contributed by atoms with Crippen LogP contribution in [0.15, 0.2) is 16.7 Å². The molecule has 0 unspecified atom stereocenters. The zero-order valence-corrected chi connectivity index (χ0v) is 10.4. The van der Waals surface area contributed by atoms with Crippen LogP contribution in [0.2, 0.25) is 0 Å². The van der Waals surface area contributed by atoms with Gasteiger partial charge in [0.2, 0.25) is 5.89 Å². The van der Waals surface area contributed by atoms with E-state index in [1.165, 1.54) is 0 Å². The average Bonchev–Trinajstić information content (AvgIpc) is 2.81. The molecule has 0 saturated heterocycles. The minimum absolute atomic E-state index is 0.0419. The Bertz CT molecular complexity index is 620. The van der Waals surface area contributed by atoms with Gasteiger partial charge >= 0.3 is 0 Å². The van der Waals surface area contributed by atoms with Gasteiger partial charge in [0.1, 0.15) is 5.69 Å². The van der Waals surface area contributed by atoms with Crippen molar-refractivity contribution >= 4 is 11.6 Å². The molecule has 20 heavy (non-hydrogen) atoms. The second kappa shape index (κ2) is 5.61. The van der Waals surface area contributed by atoms with Crippen molar-refractivity contribution in [3.05, 3.63) is 41.0 Å². The van der Waals surface area contributed by atoms with Crippen LogP contribution in [0.1, 0.15) is 22.1 Å². The van der Waals surface area contributed by atoms with Gasteiger partial charge in [-0.05, 0) is 19.1 Å². The molecular formula is C11H11F2N5O2. The molecular weight excluding hydrogens is 272 g/mol. The van der Waals surface area contributed by atoms with Crippen LogP contribution in [-0.4, -0.2) is 16.0 Å². The molecule has 0 saturated carbocycles. The maximum atomic E-state index is 13.4. The summed E-state index contributed by atoms with van der Waals surface area (Å²) >= 11 is 0. The lowest BCUT2D eigenvalue weighted by Gasteiger charge is -2.07. The lowest BCUT2D eigenvalue weighted by molar-refractivity contribution is 0.0945. The van der Waals surface area contributed by atoms with Crippen molar-refractivity contribution in [3.63, 3.8) is 0 Å². The predicted octanol–water partition coefficient (Wildman–Crippen LogP) is 0.872. The highest BCUT2D eigenvalue weighted by Crippen LogP contribution is 2.19. The molecule has 1 amide bonds. The first kappa shape index (κ1) is 13.9. The topological polar surface area (TPSA) is 106 Å². The van der Waals surface area contributed by atoms with Gasteiger partial charge in [-0.2, -0.15) is 4.98 Å². The van der Waals surface area contributed by atoms with Crippen LogP contribution in [0.25, 0.3) is 0 Å². The largest absolute Gasteiger partial charge is 0.343 e. The van der Waals surface area contributed by atoms with Gasteiger partial charge in [-0.3, -0.25) is 10.6 Å². The van der Waals surface area contributed by atoms with Crippen LogP contribution in [0.4, 0.5) is 14.5 Å². The Morgan fingerprint density at radius 1 is 1.40 bits per heavy atom. The third-order valence-electron chi connectivity index (χ3n) is 2.42. The van der Waals surface area contributed by atoms with E-state index in [-0.39, 0.29) is 18.0 Å². The maximum Gasteiger partial charge on any atom is 0.251 e. The van der Waals surface area contributed by atoms with Crippen molar-refractivity contribution in [2.75, 3.05) is 5.43 Å². The summed E-state index contributed by atoms with van der Waals surface area (Å²) in [6.45, 7) is 1.58. The molecule has 0 atom stereocenters. The highest BCUT2D eigenvalue weighted by Gasteiger charge is 2.15. The second-order valence-corrected chi connectivity index (χ2v) is 3.88. The smallest absolute Gasteiger partial charge is 0.251 e. The van der Waals surface area contributed by atoms with E-state index in [4.69, 9.17) is 10.4 Å². The lowest BCUT2D eigenvalue weighted by Crippen LogP contribution is -2.23. The summed E-state index contributed by atoms with van der Waals surface area (Å²) in [6.07, 6.45) is 0. The van der Waals surface area contributed by atoms with E-state index in [0.717, 1.165) is 12.1 Å². The molecule has 2 aromatic rings. The van der Waals surface area contributed by atoms with E-state index >= 15 is 0 Å². The first-order chi connectivity index (χ1) is 9.51. The number of carbonyl (C=O) groups excluding carboxylic acids is 1. The zero-order valence-electron chi connectivity index (χ0n) is 10.4. The Morgan fingerprint density at radius 3 is 2.55 bits per heavy atom. The molecule has 0 fully saturated rings. The van der Waals surface area contributed by atoms with E-state index in [2.05, 4.69) is 15.5 Å². The van der Waals surface area contributed by atoms with Crippen LogP contribution in [0, 0.1) is 18.6 Å². The highest BCUT2D eigenvalue weighted by molar-refractivity contribution is 5.94. The fourth-order valence-electron chi connectivity index (χ4n) is 1.51. The van der Waals surface area contributed by atoms with Gasteiger partial charge in [-0.15, -0.1) is 0 Å². The summed E-state index contributed by atoms with van der Waals surface area (Å²) in [6, 6.07) is 1.74. The van der Waals surface area contributed by atoms with Crippen molar-refractivity contribution in [1.82, 2.24) is 15.5 Å². The first-order valence-electron chi connectivity index (χ1n) is 5.54. The molecule has 1 aromatic heterocycles. The highest BCUT2D eigenvalue weighted by atomic mass is 19.1. The Balaban J connectivity index is 2.09. The summed E-state index contributed by atoms with van der Waals surface area (Å²) < 4.78 is 31.7.